The summed E-state index contributed by atoms with van der Waals surface area (Å²) in [5.41, 5.74) is 1.36. The first kappa shape index (κ1) is 18.5. The van der Waals surface area contributed by atoms with Gasteiger partial charge in [0.2, 0.25) is 0 Å². The second-order valence-electron chi connectivity index (χ2n) is 5.14. The number of hydrogen-bond acceptors (Lipinski definition) is 4. The van der Waals surface area contributed by atoms with Gasteiger partial charge in [-0.25, -0.2) is 4.39 Å². The first-order valence-electron chi connectivity index (χ1n) is 7.58. The van der Waals surface area contributed by atoms with Crippen molar-refractivity contribution in [2.24, 2.45) is 0 Å². The average Bonchev–Trinajstić information content (AvgIpc) is 2.59. The van der Waals surface area contributed by atoms with Crippen LogP contribution < -0.4 is 14.8 Å². The molecule has 0 heterocycles. The Morgan fingerprint density at radius 2 is 1.88 bits per heavy atom. The van der Waals surface area contributed by atoms with Crippen LogP contribution in [0.4, 0.5) is 4.39 Å². The molecule has 2 aromatic rings. The van der Waals surface area contributed by atoms with Crippen molar-refractivity contribution in [3.05, 3.63) is 58.4 Å². The molecule has 2 aromatic carbocycles. The van der Waals surface area contributed by atoms with Crippen LogP contribution in [0.25, 0.3) is 0 Å². The normalized spacial score (nSPS) is 10.7. The van der Waals surface area contributed by atoms with Crippen LogP contribution in [0, 0.1) is 5.82 Å². The summed E-state index contributed by atoms with van der Waals surface area (Å²) in [5.74, 6) is 0.729. The Morgan fingerprint density at radius 1 is 1.08 bits per heavy atom. The molecular formula is C18H21ClFNO3. The minimum atomic E-state index is -0.304. The highest BCUT2D eigenvalue weighted by molar-refractivity contribution is 6.31. The Hall–Kier alpha value is -1.82. The molecule has 0 aliphatic rings. The van der Waals surface area contributed by atoms with Crippen LogP contribution in [0.2, 0.25) is 5.02 Å². The van der Waals surface area contributed by atoms with Gasteiger partial charge in [-0.05, 0) is 17.7 Å². The number of halogens is 2. The van der Waals surface area contributed by atoms with Crippen LogP contribution in [0.5, 0.6) is 11.5 Å². The van der Waals surface area contributed by atoms with Crippen molar-refractivity contribution in [2.45, 2.75) is 13.2 Å². The third-order valence-electron chi connectivity index (χ3n) is 3.47. The number of ether oxygens (including phenoxy) is 3. The van der Waals surface area contributed by atoms with Gasteiger partial charge < -0.3 is 19.5 Å². The van der Waals surface area contributed by atoms with E-state index < -0.39 is 0 Å². The SMILES string of the molecule is COCCNCc1cc(OC)c(OCc2ccccc2F)cc1Cl. The van der Waals surface area contributed by atoms with E-state index in [2.05, 4.69) is 5.32 Å². The molecule has 130 valence electrons. The first-order chi connectivity index (χ1) is 11.7. The lowest BCUT2D eigenvalue weighted by molar-refractivity contribution is 0.199. The predicted octanol–water partition coefficient (Wildman–Crippen LogP) is 3.80. The molecule has 0 amide bonds. The van der Waals surface area contributed by atoms with Crippen LogP contribution in [0.3, 0.4) is 0 Å². The second-order valence-corrected chi connectivity index (χ2v) is 5.55. The third-order valence-corrected chi connectivity index (χ3v) is 3.82. The quantitative estimate of drug-likeness (QED) is 0.696. The number of rotatable bonds is 9. The van der Waals surface area contributed by atoms with Gasteiger partial charge >= 0.3 is 0 Å². The minimum Gasteiger partial charge on any atom is -0.493 e. The molecule has 6 heteroatoms. The Labute approximate surface area is 146 Å². The van der Waals surface area contributed by atoms with Crippen molar-refractivity contribution in [3.8, 4) is 11.5 Å². The molecule has 0 aliphatic heterocycles. The summed E-state index contributed by atoms with van der Waals surface area (Å²) < 4.78 is 29.7. The number of methoxy groups -OCH3 is 2. The highest BCUT2D eigenvalue weighted by Crippen LogP contribution is 2.34. The highest BCUT2D eigenvalue weighted by Gasteiger charge is 2.11. The van der Waals surface area contributed by atoms with E-state index in [1.807, 2.05) is 6.07 Å². The van der Waals surface area contributed by atoms with E-state index in [1.54, 1.807) is 38.5 Å². The fourth-order valence-electron chi connectivity index (χ4n) is 2.15. The zero-order chi connectivity index (χ0) is 17.4. The molecule has 0 spiro atoms. The van der Waals surface area contributed by atoms with Gasteiger partial charge in [-0.3, -0.25) is 0 Å². The minimum absolute atomic E-state index is 0.102. The molecule has 0 aliphatic carbocycles. The maximum absolute atomic E-state index is 13.7. The Kier molecular flexibility index (Phi) is 7.31. The molecular weight excluding hydrogens is 333 g/mol. The van der Waals surface area contributed by atoms with Crippen LogP contribution in [-0.4, -0.2) is 27.4 Å². The van der Waals surface area contributed by atoms with E-state index in [9.17, 15) is 4.39 Å². The summed E-state index contributed by atoms with van der Waals surface area (Å²) in [6, 6.07) is 9.99. The van der Waals surface area contributed by atoms with Crippen molar-refractivity contribution < 1.29 is 18.6 Å². The predicted molar refractivity (Wildman–Crippen MR) is 92.3 cm³/mol. The van der Waals surface area contributed by atoms with Gasteiger partial charge in [0.25, 0.3) is 0 Å². The molecule has 0 atom stereocenters. The van der Waals surface area contributed by atoms with Crippen molar-refractivity contribution >= 4 is 11.6 Å². The van der Waals surface area contributed by atoms with E-state index in [0.29, 0.717) is 35.2 Å². The molecule has 0 saturated heterocycles. The van der Waals surface area contributed by atoms with E-state index >= 15 is 0 Å². The molecule has 0 saturated carbocycles. The van der Waals surface area contributed by atoms with Crippen molar-refractivity contribution in [1.82, 2.24) is 5.32 Å². The van der Waals surface area contributed by atoms with Gasteiger partial charge in [-0.1, -0.05) is 29.8 Å². The Morgan fingerprint density at radius 3 is 2.58 bits per heavy atom. The van der Waals surface area contributed by atoms with Gasteiger partial charge in [-0.15, -0.1) is 0 Å². The van der Waals surface area contributed by atoms with Crippen molar-refractivity contribution in [3.63, 3.8) is 0 Å². The largest absolute Gasteiger partial charge is 0.493 e. The summed E-state index contributed by atoms with van der Waals surface area (Å²) in [4.78, 5) is 0. The number of benzene rings is 2. The van der Waals surface area contributed by atoms with Gasteiger partial charge in [-0.2, -0.15) is 0 Å². The Balaban J connectivity index is 2.07. The molecule has 0 fully saturated rings. The van der Waals surface area contributed by atoms with Gasteiger partial charge in [0.05, 0.1) is 13.7 Å². The van der Waals surface area contributed by atoms with Crippen molar-refractivity contribution in [1.29, 1.82) is 0 Å². The maximum Gasteiger partial charge on any atom is 0.163 e. The number of nitrogens with one attached hydrogen (secondary N) is 1. The van der Waals surface area contributed by atoms with Crippen LogP contribution in [0.1, 0.15) is 11.1 Å². The lowest BCUT2D eigenvalue weighted by atomic mass is 10.2. The molecule has 0 radical (unpaired) electrons. The monoisotopic (exact) mass is 353 g/mol. The molecule has 1 N–H and O–H groups in total. The standard InChI is InChI=1S/C18H21ClFNO3/c1-22-8-7-21-11-14-9-17(23-2)18(10-15(14)19)24-12-13-5-3-4-6-16(13)20/h3-6,9-10,21H,7-8,11-12H2,1-2H3. The topological polar surface area (TPSA) is 39.7 Å². The Bertz CT molecular complexity index is 667. The average molecular weight is 354 g/mol. The van der Waals surface area contributed by atoms with E-state index in [1.165, 1.54) is 6.07 Å². The second kappa shape index (κ2) is 9.47. The van der Waals surface area contributed by atoms with Crippen molar-refractivity contribution in [2.75, 3.05) is 27.4 Å². The third kappa shape index (κ3) is 5.09. The molecule has 4 nitrogen and oxygen atoms in total. The summed E-state index contributed by atoms with van der Waals surface area (Å²) in [6.45, 7) is 2.04. The molecule has 24 heavy (non-hydrogen) atoms. The van der Waals surface area contributed by atoms with Gasteiger partial charge in [0.1, 0.15) is 12.4 Å². The van der Waals surface area contributed by atoms with Crippen LogP contribution in [0.15, 0.2) is 36.4 Å². The van der Waals surface area contributed by atoms with Gasteiger partial charge in [0, 0.05) is 36.9 Å². The number of hydrogen-bond donors (Lipinski definition) is 1. The fourth-order valence-corrected chi connectivity index (χ4v) is 2.37. The summed E-state index contributed by atoms with van der Waals surface area (Å²) in [5, 5.41) is 3.78. The highest BCUT2D eigenvalue weighted by atomic mass is 35.5. The lowest BCUT2D eigenvalue weighted by Crippen LogP contribution is -2.18. The van der Waals surface area contributed by atoms with Crippen LogP contribution >= 0.6 is 11.6 Å². The summed E-state index contributed by atoms with van der Waals surface area (Å²) in [6.07, 6.45) is 0. The first-order valence-corrected chi connectivity index (χ1v) is 7.95. The zero-order valence-electron chi connectivity index (χ0n) is 13.8. The fraction of sp³-hybridized carbons (Fsp3) is 0.333. The van der Waals surface area contributed by atoms with Crippen LogP contribution in [-0.2, 0) is 17.9 Å². The van der Waals surface area contributed by atoms with E-state index in [-0.39, 0.29) is 12.4 Å². The zero-order valence-corrected chi connectivity index (χ0v) is 14.5. The maximum atomic E-state index is 13.7. The lowest BCUT2D eigenvalue weighted by Gasteiger charge is -2.14. The molecule has 2 rings (SSSR count). The smallest absolute Gasteiger partial charge is 0.163 e. The molecule has 0 unspecified atom stereocenters. The molecule has 0 aromatic heterocycles. The summed E-state index contributed by atoms with van der Waals surface area (Å²) >= 11 is 6.30. The van der Waals surface area contributed by atoms with E-state index in [4.69, 9.17) is 25.8 Å². The summed E-state index contributed by atoms with van der Waals surface area (Å²) in [7, 11) is 3.21. The molecule has 0 bridgehead atoms. The van der Waals surface area contributed by atoms with E-state index in [0.717, 1.165) is 12.1 Å². The van der Waals surface area contributed by atoms with Gasteiger partial charge in [0.15, 0.2) is 11.5 Å².